The van der Waals surface area contributed by atoms with E-state index in [0.29, 0.717) is 46.6 Å². The summed E-state index contributed by atoms with van der Waals surface area (Å²) in [6, 6.07) is 0.319. The van der Waals surface area contributed by atoms with Crippen LogP contribution in [0.1, 0.15) is 31.5 Å². The number of rotatable bonds is 6. The van der Waals surface area contributed by atoms with E-state index in [1.807, 2.05) is 0 Å². The van der Waals surface area contributed by atoms with Gasteiger partial charge in [0.25, 0.3) is 6.43 Å². The lowest BCUT2D eigenvalue weighted by Crippen LogP contribution is -2.29. The summed E-state index contributed by atoms with van der Waals surface area (Å²) in [6.45, 7) is 1.19. The Morgan fingerprint density at radius 1 is 1.16 bits per heavy atom. The summed E-state index contributed by atoms with van der Waals surface area (Å²) in [5.41, 5.74) is 2.64. The molecule has 4 heterocycles. The zero-order chi connectivity index (χ0) is 22.2. The maximum Gasteiger partial charge on any atom is 0.256 e. The molecule has 4 aromatic rings. The Balaban J connectivity index is 1.42. The van der Waals surface area contributed by atoms with Gasteiger partial charge in [-0.3, -0.25) is 0 Å². The molecule has 168 valence electrons. The van der Waals surface area contributed by atoms with Crippen LogP contribution in [-0.4, -0.2) is 60.2 Å². The number of imidazole rings is 1. The average Bonchev–Trinajstić information content (AvgIpc) is 3.34. The number of hydrogen-bond donors (Lipinski definition) is 2. The van der Waals surface area contributed by atoms with E-state index in [4.69, 9.17) is 4.74 Å². The molecule has 0 aromatic carbocycles. The van der Waals surface area contributed by atoms with Crippen molar-refractivity contribution in [3.63, 3.8) is 0 Å². The summed E-state index contributed by atoms with van der Waals surface area (Å²) in [7, 11) is 1.76. The smallest absolute Gasteiger partial charge is 0.256 e. The minimum absolute atomic E-state index is 0.319. The fraction of sp³-hybridized carbons (Fsp3) is 0.476. The highest BCUT2D eigenvalue weighted by atomic mass is 19.3. The molecule has 0 unspecified atom stereocenters. The molecule has 0 amide bonds. The molecule has 0 saturated heterocycles. The molecule has 0 spiro atoms. The summed E-state index contributed by atoms with van der Waals surface area (Å²) in [6.07, 6.45) is 7.00. The van der Waals surface area contributed by atoms with E-state index in [9.17, 15) is 8.78 Å². The molecule has 1 fully saturated rings. The van der Waals surface area contributed by atoms with Crippen molar-refractivity contribution in [2.75, 3.05) is 12.4 Å². The van der Waals surface area contributed by atoms with Gasteiger partial charge < -0.3 is 19.6 Å². The van der Waals surface area contributed by atoms with Crippen LogP contribution in [0.3, 0.4) is 0 Å². The zero-order valence-electron chi connectivity index (χ0n) is 17.8. The van der Waals surface area contributed by atoms with E-state index < -0.39 is 13.0 Å². The molecule has 11 heteroatoms. The number of aryl methyl sites for hydroxylation is 1. The highest BCUT2D eigenvalue weighted by molar-refractivity contribution is 5.93. The van der Waals surface area contributed by atoms with E-state index in [2.05, 4.69) is 35.2 Å². The molecule has 0 aliphatic heterocycles. The standard InChI is InChI=1S/C21H24F2N8O/c1-11-27-19-20(31(11)10-17(22)23)29-16(9-25-19)14-7-24-18-15(14)8-26-21(30-18)28-12-3-5-13(32-2)6-4-12/h7-9,12-13,17H,3-6,10H2,1-2H3,(H2,24,26,28,30)/t12-,13+. The van der Waals surface area contributed by atoms with Crippen LogP contribution < -0.4 is 5.32 Å². The predicted octanol–water partition coefficient (Wildman–Crippen LogP) is 3.71. The van der Waals surface area contributed by atoms with Crippen LogP contribution in [0.4, 0.5) is 14.7 Å². The van der Waals surface area contributed by atoms with Gasteiger partial charge in [-0.1, -0.05) is 0 Å². The van der Waals surface area contributed by atoms with Crippen molar-refractivity contribution in [2.45, 2.75) is 57.7 Å². The van der Waals surface area contributed by atoms with Crippen LogP contribution in [0, 0.1) is 6.92 Å². The summed E-state index contributed by atoms with van der Waals surface area (Å²) < 4.78 is 32.8. The maximum atomic E-state index is 13.0. The fourth-order valence-corrected chi connectivity index (χ4v) is 4.30. The zero-order valence-corrected chi connectivity index (χ0v) is 17.8. The SMILES string of the molecule is CO[C@H]1CC[C@@H](Nc2ncc3c(-c4cnc5nc(C)n(CC(F)F)c5n4)c[nH]c3n2)CC1. The quantitative estimate of drug-likeness (QED) is 0.469. The third kappa shape index (κ3) is 3.88. The normalized spacial score (nSPS) is 19.3. The molecule has 0 radical (unpaired) electrons. The van der Waals surface area contributed by atoms with E-state index in [1.165, 1.54) is 4.57 Å². The molecule has 5 rings (SSSR count). The number of ether oxygens (including phenoxy) is 1. The van der Waals surface area contributed by atoms with Crippen molar-refractivity contribution in [2.24, 2.45) is 0 Å². The van der Waals surface area contributed by atoms with Gasteiger partial charge in [0.15, 0.2) is 11.3 Å². The molecular weight excluding hydrogens is 418 g/mol. The molecular formula is C21H24F2N8O. The Labute approximate surface area is 182 Å². The van der Waals surface area contributed by atoms with Crippen molar-refractivity contribution in [3.8, 4) is 11.3 Å². The van der Waals surface area contributed by atoms with Crippen molar-refractivity contribution < 1.29 is 13.5 Å². The number of methoxy groups -OCH3 is 1. The van der Waals surface area contributed by atoms with Crippen molar-refractivity contribution in [3.05, 3.63) is 24.4 Å². The van der Waals surface area contributed by atoms with Gasteiger partial charge in [0.05, 0.1) is 24.5 Å². The molecule has 4 aromatic heterocycles. The molecule has 1 saturated carbocycles. The lowest BCUT2D eigenvalue weighted by molar-refractivity contribution is 0.0681. The van der Waals surface area contributed by atoms with Gasteiger partial charge >= 0.3 is 0 Å². The number of anilines is 1. The monoisotopic (exact) mass is 442 g/mol. The number of fused-ring (bicyclic) bond motifs is 2. The third-order valence-electron chi connectivity index (χ3n) is 6.02. The lowest BCUT2D eigenvalue weighted by Gasteiger charge is -2.28. The Bertz CT molecular complexity index is 1250. The van der Waals surface area contributed by atoms with Crippen LogP contribution in [0.25, 0.3) is 33.6 Å². The minimum Gasteiger partial charge on any atom is -0.381 e. The van der Waals surface area contributed by atoms with Gasteiger partial charge in [-0.25, -0.2) is 28.7 Å². The van der Waals surface area contributed by atoms with E-state index in [1.54, 1.807) is 32.6 Å². The fourth-order valence-electron chi connectivity index (χ4n) is 4.30. The first-order chi connectivity index (χ1) is 15.5. The predicted molar refractivity (Wildman–Crippen MR) is 116 cm³/mol. The Hall–Kier alpha value is -3.21. The number of aromatic amines is 1. The summed E-state index contributed by atoms with van der Waals surface area (Å²) in [5, 5.41) is 4.19. The van der Waals surface area contributed by atoms with Gasteiger partial charge in [-0.15, -0.1) is 0 Å². The second-order valence-electron chi connectivity index (χ2n) is 8.08. The summed E-state index contributed by atoms with van der Waals surface area (Å²) in [5.74, 6) is 1.02. The number of hydrogen-bond acceptors (Lipinski definition) is 7. The summed E-state index contributed by atoms with van der Waals surface area (Å²) in [4.78, 5) is 25.4. The number of aromatic nitrogens is 7. The number of halogens is 2. The number of nitrogens with zero attached hydrogens (tertiary/aromatic N) is 6. The van der Waals surface area contributed by atoms with Gasteiger partial charge in [0.2, 0.25) is 5.95 Å². The van der Waals surface area contributed by atoms with Crippen LogP contribution in [-0.2, 0) is 11.3 Å². The largest absolute Gasteiger partial charge is 0.381 e. The van der Waals surface area contributed by atoms with E-state index in [0.717, 1.165) is 36.6 Å². The van der Waals surface area contributed by atoms with Crippen LogP contribution >= 0.6 is 0 Å². The molecule has 1 aliphatic carbocycles. The molecule has 32 heavy (non-hydrogen) atoms. The first-order valence-electron chi connectivity index (χ1n) is 10.6. The number of H-pyrrole nitrogens is 1. The Morgan fingerprint density at radius 2 is 1.97 bits per heavy atom. The highest BCUT2D eigenvalue weighted by Crippen LogP contribution is 2.28. The average molecular weight is 442 g/mol. The Morgan fingerprint density at radius 3 is 2.72 bits per heavy atom. The van der Waals surface area contributed by atoms with Gasteiger partial charge in [0.1, 0.15) is 11.5 Å². The lowest BCUT2D eigenvalue weighted by atomic mass is 9.93. The van der Waals surface area contributed by atoms with Crippen LogP contribution in [0.2, 0.25) is 0 Å². The first-order valence-corrected chi connectivity index (χ1v) is 10.6. The van der Waals surface area contributed by atoms with Gasteiger partial charge in [0, 0.05) is 36.5 Å². The topological polar surface area (TPSA) is 106 Å². The van der Waals surface area contributed by atoms with Gasteiger partial charge in [-0.2, -0.15) is 4.98 Å². The van der Waals surface area contributed by atoms with E-state index >= 15 is 0 Å². The van der Waals surface area contributed by atoms with Crippen LogP contribution in [0.5, 0.6) is 0 Å². The molecule has 1 aliphatic rings. The summed E-state index contributed by atoms with van der Waals surface area (Å²) >= 11 is 0. The molecule has 9 nitrogen and oxygen atoms in total. The van der Waals surface area contributed by atoms with Crippen molar-refractivity contribution in [1.29, 1.82) is 0 Å². The molecule has 0 bridgehead atoms. The second kappa shape index (κ2) is 8.38. The van der Waals surface area contributed by atoms with E-state index in [-0.39, 0.29) is 0 Å². The third-order valence-corrected chi connectivity index (χ3v) is 6.02. The second-order valence-corrected chi connectivity index (χ2v) is 8.08. The van der Waals surface area contributed by atoms with Crippen molar-refractivity contribution >= 4 is 28.3 Å². The van der Waals surface area contributed by atoms with Crippen molar-refractivity contribution in [1.82, 2.24) is 34.5 Å². The minimum atomic E-state index is -2.51. The highest BCUT2D eigenvalue weighted by Gasteiger charge is 2.22. The molecule has 0 atom stereocenters. The Kier molecular flexibility index (Phi) is 5.41. The maximum absolute atomic E-state index is 13.0. The number of nitrogens with one attached hydrogen (secondary N) is 2. The first kappa shape index (κ1) is 20.7. The number of alkyl halides is 2. The van der Waals surface area contributed by atoms with Gasteiger partial charge in [-0.05, 0) is 32.6 Å². The molecule has 2 N–H and O–H groups in total. The van der Waals surface area contributed by atoms with Crippen LogP contribution in [0.15, 0.2) is 18.6 Å².